The zero-order chi connectivity index (χ0) is 11.1. The number of hydrogen-bond acceptors (Lipinski definition) is 2. The minimum Gasteiger partial charge on any atom is -0.192 e. The summed E-state index contributed by atoms with van der Waals surface area (Å²) in [4.78, 5) is 0. The van der Waals surface area contributed by atoms with Gasteiger partial charge in [0.15, 0.2) is 0 Å². The molecule has 0 saturated carbocycles. The van der Waals surface area contributed by atoms with E-state index in [0.29, 0.717) is 0 Å². The van der Waals surface area contributed by atoms with Crippen molar-refractivity contribution in [2.75, 3.05) is 0 Å². The average molecular weight is 223 g/mol. The van der Waals surface area contributed by atoms with Crippen molar-refractivity contribution >= 4 is 31.5 Å². The van der Waals surface area contributed by atoms with Gasteiger partial charge in [-0.1, -0.05) is 12.1 Å². The van der Waals surface area contributed by atoms with Crippen molar-refractivity contribution < 1.29 is 0 Å². The van der Waals surface area contributed by atoms with E-state index in [9.17, 15) is 0 Å². The standard InChI is InChI=1S/C14H9NS/c1-9-3-2-4-13-14(9)11-7-10(8-15)5-6-12(11)16-13/h2-7H,1H3. The monoisotopic (exact) mass is 223 g/mol. The first-order chi connectivity index (χ1) is 7.79. The minimum absolute atomic E-state index is 0.732. The maximum absolute atomic E-state index is 8.93. The van der Waals surface area contributed by atoms with Crippen LogP contribution in [0.25, 0.3) is 20.2 Å². The molecule has 16 heavy (non-hydrogen) atoms. The molecule has 2 heteroatoms. The Morgan fingerprint density at radius 1 is 1.12 bits per heavy atom. The lowest BCUT2D eigenvalue weighted by Gasteiger charge is -1.96. The number of hydrogen-bond donors (Lipinski definition) is 0. The molecule has 0 fully saturated rings. The second-order valence-electron chi connectivity index (χ2n) is 3.87. The van der Waals surface area contributed by atoms with Gasteiger partial charge in [0, 0.05) is 20.2 Å². The smallest absolute Gasteiger partial charge is 0.0991 e. The van der Waals surface area contributed by atoms with Crippen molar-refractivity contribution in [2.24, 2.45) is 0 Å². The fraction of sp³-hybridized carbons (Fsp3) is 0.0714. The molecular formula is C14H9NS. The van der Waals surface area contributed by atoms with Crippen molar-refractivity contribution in [3.8, 4) is 6.07 Å². The highest BCUT2D eigenvalue weighted by atomic mass is 32.1. The van der Waals surface area contributed by atoms with Crippen molar-refractivity contribution in [3.63, 3.8) is 0 Å². The van der Waals surface area contributed by atoms with Gasteiger partial charge in [-0.15, -0.1) is 11.3 Å². The highest BCUT2D eigenvalue weighted by Gasteiger charge is 2.07. The summed E-state index contributed by atoms with van der Waals surface area (Å²) < 4.78 is 2.55. The van der Waals surface area contributed by atoms with Crippen molar-refractivity contribution in [2.45, 2.75) is 6.92 Å². The molecule has 3 rings (SSSR count). The molecule has 0 atom stereocenters. The largest absolute Gasteiger partial charge is 0.192 e. The predicted octanol–water partition coefficient (Wildman–Crippen LogP) is 4.23. The van der Waals surface area contributed by atoms with E-state index in [1.165, 1.54) is 25.7 Å². The van der Waals surface area contributed by atoms with Crippen molar-refractivity contribution in [3.05, 3.63) is 47.5 Å². The Labute approximate surface area is 97.6 Å². The van der Waals surface area contributed by atoms with E-state index in [0.717, 1.165) is 5.56 Å². The summed E-state index contributed by atoms with van der Waals surface area (Å²) in [6.45, 7) is 2.12. The molecule has 76 valence electrons. The average Bonchev–Trinajstić information content (AvgIpc) is 2.67. The summed E-state index contributed by atoms with van der Waals surface area (Å²) in [6.07, 6.45) is 0. The number of aryl methyl sites for hydroxylation is 1. The van der Waals surface area contributed by atoms with E-state index in [1.54, 1.807) is 11.3 Å². The Morgan fingerprint density at radius 2 is 2.00 bits per heavy atom. The van der Waals surface area contributed by atoms with Gasteiger partial charge in [0.05, 0.1) is 11.6 Å². The molecule has 0 N–H and O–H groups in total. The van der Waals surface area contributed by atoms with Crippen LogP contribution in [0.15, 0.2) is 36.4 Å². The molecule has 0 aliphatic rings. The number of fused-ring (bicyclic) bond motifs is 3. The minimum atomic E-state index is 0.732. The van der Waals surface area contributed by atoms with Gasteiger partial charge in [0.2, 0.25) is 0 Å². The van der Waals surface area contributed by atoms with Crippen LogP contribution in [0.4, 0.5) is 0 Å². The number of nitrogens with zero attached hydrogens (tertiary/aromatic N) is 1. The van der Waals surface area contributed by atoms with E-state index < -0.39 is 0 Å². The van der Waals surface area contributed by atoms with Crippen LogP contribution in [0.3, 0.4) is 0 Å². The Balaban J connectivity index is 2.56. The summed E-state index contributed by atoms with van der Waals surface area (Å²) in [6, 6.07) is 14.4. The normalized spacial score (nSPS) is 10.8. The third kappa shape index (κ3) is 1.22. The Morgan fingerprint density at radius 3 is 2.81 bits per heavy atom. The molecule has 1 heterocycles. The predicted molar refractivity (Wildman–Crippen MR) is 68.8 cm³/mol. The summed E-state index contributed by atoms with van der Waals surface area (Å²) >= 11 is 1.79. The Bertz CT molecular complexity index is 731. The fourth-order valence-corrected chi connectivity index (χ4v) is 3.24. The Hall–Kier alpha value is -1.85. The quantitative estimate of drug-likeness (QED) is 0.559. The van der Waals surface area contributed by atoms with Crippen LogP contribution < -0.4 is 0 Å². The van der Waals surface area contributed by atoms with E-state index >= 15 is 0 Å². The number of nitriles is 1. The Kier molecular flexibility index (Phi) is 1.95. The van der Waals surface area contributed by atoms with E-state index in [1.807, 2.05) is 18.2 Å². The second-order valence-corrected chi connectivity index (χ2v) is 4.96. The molecular weight excluding hydrogens is 214 g/mol. The molecule has 0 spiro atoms. The van der Waals surface area contributed by atoms with Gasteiger partial charge in [0.1, 0.15) is 0 Å². The highest BCUT2D eigenvalue weighted by molar-refractivity contribution is 7.25. The highest BCUT2D eigenvalue weighted by Crippen LogP contribution is 2.35. The van der Waals surface area contributed by atoms with Crippen LogP contribution in [0, 0.1) is 18.3 Å². The van der Waals surface area contributed by atoms with Crippen LogP contribution in [0.5, 0.6) is 0 Å². The van der Waals surface area contributed by atoms with E-state index in [-0.39, 0.29) is 0 Å². The zero-order valence-electron chi connectivity index (χ0n) is 8.82. The van der Waals surface area contributed by atoms with E-state index in [4.69, 9.17) is 5.26 Å². The number of rotatable bonds is 0. The summed E-state index contributed by atoms with van der Waals surface area (Å²) in [5.74, 6) is 0. The third-order valence-corrected chi connectivity index (χ3v) is 3.97. The summed E-state index contributed by atoms with van der Waals surface area (Å²) in [5, 5.41) is 11.4. The molecule has 0 bridgehead atoms. The molecule has 1 nitrogen and oxygen atoms in total. The lowest BCUT2D eigenvalue weighted by atomic mass is 10.1. The van der Waals surface area contributed by atoms with Crippen LogP contribution >= 0.6 is 11.3 Å². The van der Waals surface area contributed by atoms with E-state index in [2.05, 4.69) is 31.2 Å². The lowest BCUT2D eigenvalue weighted by Crippen LogP contribution is -1.75. The molecule has 0 saturated heterocycles. The lowest BCUT2D eigenvalue weighted by molar-refractivity contribution is 1.50. The second kappa shape index (κ2) is 3.33. The van der Waals surface area contributed by atoms with Crippen molar-refractivity contribution in [1.82, 2.24) is 0 Å². The first kappa shape index (κ1) is 9.38. The maximum atomic E-state index is 8.93. The van der Waals surface area contributed by atoms with Gasteiger partial charge in [0.25, 0.3) is 0 Å². The zero-order valence-corrected chi connectivity index (χ0v) is 9.64. The molecule has 0 aliphatic carbocycles. The molecule has 2 aromatic carbocycles. The van der Waals surface area contributed by atoms with Crippen LogP contribution in [-0.4, -0.2) is 0 Å². The molecule has 1 aromatic heterocycles. The van der Waals surface area contributed by atoms with Crippen molar-refractivity contribution in [1.29, 1.82) is 5.26 Å². The van der Waals surface area contributed by atoms with Gasteiger partial charge >= 0.3 is 0 Å². The molecule has 0 amide bonds. The third-order valence-electron chi connectivity index (χ3n) is 2.83. The first-order valence-corrected chi connectivity index (χ1v) is 5.93. The summed E-state index contributed by atoms with van der Waals surface area (Å²) in [7, 11) is 0. The topological polar surface area (TPSA) is 23.8 Å². The van der Waals surface area contributed by atoms with Gasteiger partial charge in [-0.05, 0) is 36.8 Å². The number of thiophene rings is 1. The van der Waals surface area contributed by atoms with Crippen LogP contribution in [0.2, 0.25) is 0 Å². The molecule has 0 radical (unpaired) electrons. The van der Waals surface area contributed by atoms with Gasteiger partial charge in [-0.3, -0.25) is 0 Å². The molecule has 3 aromatic rings. The SMILES string of the molecule is Cc1cccc2sc3ccc(C#N)cc3c12. The summed E-state index contributed by atoms with van der Waals surface area (Å²) in [5.41, 5.74) is 2.01. The van der Waals surface area contributed by atoms with Gasteiger partial charge < -0.3 is 0 Å². The fourth-order valence-electron chi connectivity index (χ4n) is 2.07. The van der Waals surface area contributed by atoms with Crippen LogP contribution in [-0.2, 0) is 0 Å². The molecule has 0 unspecified atom stereocenters. The van der Waals surface area contributed by atoms with Crippen LogP contribution in [0.1, 0.15) is 11.1 Å². The maximum Gasteiger partial charge on any atom is 0.0991 e. The number of benzene rings is 2. The van der Waals surface area contributed by atoms with Gasteiger partial charge in [-0.2, -0.15) is 5.26 Å². The first-order valence-electron chi connectivity index (χ1n) is 5.11. The van der Waals surface area contributed by atoms with Gasteiger partial charge in [-0.25, -0.2) is 0 Å². The molecule has 0 aliphatic heterocycles.